The topological polar surface area (TPSA) is 72.9 Å². The number of nitrogens with zero attached hydrogens (tertiary/aromatic N) is 2. The number of para-hydroxylation sites is 3. The lowest BCUT2D eigenvalue weighted by atomic mass is 10.2. The highest BCUT2D eigenvalue weighted by Gasteiger charge is 2.22. The number of fused-ring (bicyclic) bond motifs is 1. The number of hydrogen-bond donors (Lipinski definition) is 2. The first-order chi connectivity index (χ1) is 12.1. The van der Waals surface area contributed by atoms with Crippen molar-refractivity contribution in [3.63, 3.8) is 0 Å². The third kappa shape index (κ3) is 3.74. The molecule has 1 aliphatic heterocycles. The van der Waals surface area contributed by atoms with Gasteiger partial charge in [0.15, 0.2) is 0 Å². The first-order valence-electron chi connectivity index (χ1n) is 8.24. The lowest BCUT2D eigenvalue weighted by molar-refractivity contribution is -0.137. The van der Waals surface area contributed by atoms with Gasteiger partial charge in [0.25, 0.3) is 0 Å². The molecule has 0 saturated carbocycles. The zero-order valence-corrected chi connectivity index (χ0v) is 14.1. The molecule has 6 heteroatoms. The number of carbonyl (C=O) groups excluding carboxylic acids is 1. The second kappa shape index (κ2) is 7.25. The van der Waals surface area contributed by atoms with Crippen LogP contribution in [-0.2, 0) is 11.2 Å². The van der Waals surface area contributed by atoms with E-state index in [4.69, 9.17) is 5.11 Å². The summed E-state index contributed by atoms with van der Waals surface area (Å²) in [5.41, 5.74) is 4.10. The van der Waals surface area contributed by atoms with Gasteiger partial charge in [-0.05, 0) is 30.2 Å². The average Bonchev–Trinajstić information content (AvgIpc) is 3.04. The summed E-state index contributed by atoms with van der Waals surface area (Å²) in [5.74, 6) is -0.922. The van der Waals surface area contributed by atoms with Gasteiger partial charge in [-0.3, -0.25) is 4.79 Å². The summed E-state index contributed by atoms with van der Waals surface area (Å²) < 4.78 is 0. The lowest BCUT2D eigenvalue weighted by Gasteiger charge is -2.24. The van der Waals surface area contributed by atoms with Gasteiger partial charge in [0, 0.05) is 25.8 Å². The molecule has 0 aliphatic carbocycles. The SMILES string of the molecule is CN(CCC(=O)O)C(=O)Nc1ccccc1N1CCc2ccccc21. The van der Waals surface area contributed by atoms with Crippen molar-refractivity contribution in [3.05, 3.63) is 54.1 Å². The van der Waals surface area contributed by atoms with Crippen LogP contribution in [0.1, 0.15) is 12.0 Å². The number of aliphatic carboxylic acids is 1. The predicted molar refractivity (Wildman–Crippen MR) is 97.5 cm³/mol. The number of nitrogens with one attached hydrogen (secondary N) is 1. The maximum atomic E-state index is 12.3. The van der Waals surface area contributed by atoms with Crippen LogP contribution in [0.2, 0.25) is 0 Å². The van der Waals surface area contributed by atoms with E-state index in [1.165, 1.54) is 10.5 Å². The molecule has 0 bridgehead atoms. The summed E-state index contributed by atoms with van der Waals surface area (Å²) in [6.07, 6.45) is 0.891. The van der Waals surface area contributed by atoms with Gasteiger partial charge < -0.3 is 20.2 Å². The molecular weight excluding hydrogens is 318 g/mol. The van der Waals surface area contributed by atoms with Gasteiger partial charge in [0.1, 0.15) is 0 Å². The molecule has 6 nitrogen and oxygen atoms in total. The number of urea groups is 1. The van der Waals surface area contributed by atoms with E-state index in [0.717, 1.165) is 24.3 Å². The third-order valence-corrected chi connectivity index (χ3v) is 4.33. The van der Waals surface area contributed by atoms with Crippen LogP contribution >= 0.6 is 0 Å². The molecule has 1 aliphatic rings. The fraction of sp³-hybridized carbons (Fsp3) is 0.263. The standard InChI is InChI=1S/C19H21N3O3/c1-21(12-11-18(23)24)19(25)20-15-7-3-5-9-17(15)22-13-10-14-6-2-4-8-16(14)22/h2-9H,10-13H2,1H3,(H,20,25)(H,23,24). The van der Waals surface area contributed by atoms with Crippen molar-refractivity contribution in [3.8, 4) is 0 Å². The van der Waals surface area contributed by atoms with Crippen molar-refractivity contribution in [1.82, 2.24) is 4.90 Å². The monoisotopic (exact) mass is 339 g/mol. The van der Waals surface area contributed by atoms with Crippen molar-refractivity contribution >= 4 is 29.1 Å². The van der Waals surface area contributed by atoms with Crippen molar-refractivity contribution in [1.29, 1.82) is 0 Å². The summed E-state index contributed by atoms with van der Waals surface area (Å²) in [4.78, 5) is 26.6. The normalized spacial score (nSPS) is 12.6. The maximum absolute atomic E-state index is 12.3. The summed E-state index contributed by atoms with van der Waals surface area (Å²) >= 11 is 0. The van der Waals surface area contributed by atoms with Crippen molar-refractivity contribution in [2.75, 3.05) is 30.4 Å². The molecule has 0 spiro atoms. The summed E-state index contributed by atoms with van der Waals surface area (Å²) in [5, 5.41) is 11.6. The van der Waals surface area contributed by atoms with Crippen LogP contribution < -0.4 is 10.2 Å². The molecule has 2 amide bonds. The molecule has 0 saturated heterocycles. The molecule has 0 aromatic heterocycles. The van der Waals surface area contributed by atoms with Crippen LogP contribution in [0.4, 0.5) is 21.9 Å². The second-order valence-electron chi connectivity index (χ2n) is 6.04. The van der Waals surface area contributed by atoms with Gasteiger partial charge in [0.05, 0.1) is 17.8 Å². The van der Waals surface area contributed by atoms with Crippen LogP contribution in [0, 0.1) is 0 Å². The van der Waals surface area contributed by atoms with E-state index in [-0.39, 0.29) is 19.0 Å². The molecule has 2 N–H and O–H groups in total. The molecular formula is C19H21N3O3. The molecule has 2 aromatic rings. The number of hydrogen-bond acceptors (Lipinski definition) is 3. The molecule has 1 heterocycles. The van der Waals surface area contributed by atoms with E-state index < -0.39 is 5.97 Å². The Labute approximate surface area is 146 Å². The van der Waals surface area contributed by atoms with E-state index >= 15 is 0 Å². The molecule has 0 radical (unpaired) electrons. The minimum atomic E-state index is -0.922. The summed E-state index contributed by atoms with van der Waals surface area (Å²) in [6, 6.07) is 15.6. The zero-order chi connectivity index (χ0) is 17.8. The fourth-order valence-corrected chi connectivity index (χ4v) is 2.98. The van der Waals surface area contributed by atoms with Gasteiger partial charge >= 0.3 is 12.0 Å². The zero-order valence-electron chi connectivity index (χ0n) is 14.1. The Bertz CT molecular complexity index is 791. The van der Waals surface area contributed by atoms with E-state index in [2.05, 4.69) is 22.3 Å². The third-order valence-electron chi connectivity index (χ3n) is 4.33. The number of amides is 2. The highest BCUT2D eigenvalue weighted by molar-refractivity contribution is 5.94. The second-order valence-corrected chi connectivity index (χ2v) is 6.04. The Morgan fingerprint density at radius 3 is 2.56 bits per heavy atom. The Hall–Kier alpha value is -3.02. The highest BCUT2D eigenvalue weighted by atomic mass is 16.4. The molecule has 3 rings (SSSR count). The van der Waals surface area contributed by atoms with Gasteiger partial charge in [-0.25, -0.2) is 4.79 Å². The van der Waals surface area contributed by atoms with Gasteiger partial charge in [-0.1, -0.05) is 30.3 Å². The number of carbonyl (C=O) groups is 2. The van der Waals surface area contributed by atoms with E-state index in [0.29, 0.717) is 5.69 Å². The van der Waals surface area contributed by atoms with Crippen LogP contribution in [0.15, 0.2) is 48.5 Å². The molecule has 0 fully saturated rings. The largest absolute Gasteiger partial charge is 0.481 e. The molecule has 0 atom stereocenters. The smallest absolute Gasteiger partial charge is 0.321 e. The molecule has 0 unspecified atom stereocenters. The average molecular weight is 339 g/mol. The summed E-state index contributed by atoms with van der Waals surface area (Å²) in [6.45, 7) is 1.02. The minimum Gasteiger partial charge on any atom is -0.481 e. The van der Waals surface area contributed by atoms with Crippen molar-refractivity contribution < 1.29 is 14.7 Å². The molecule has 130 valence electrons. The number of anilines is 3. The van der Waals surface area contributed by atoms with Crippen molar-refractivity contribution in [2.45, 2.75) is 12.8 Å². The highest BCUT2D eigenvalue weighted by Crippen LogP contribution is 2.38. The Morgan fingerprint density at radius 1 is 1.12 bits per heavy atom. The number of carboxylic acids is 1. The fourth-order valence-electron chi connectivity index (χ4n) is 2.98. The van der Waals surface area contributed by atoms with E-state index in [9.17, 15) is 9.59 Å². The van der Waals surface area contributed by atoms with Gasteiger partial charge in [0.2, 0.25) is 0 Å². The van der Waals surface area contributed by atoms with Crippen LogP contribution in [0.5, 0.6) is 0 Å². The van der Waals surface area contributed by atoms with Crippen LogP contribution in [0.25, 0.3) is 0 Å². The quantitative estimate of drug-likeness (QED) is 0.876. The molecule has 25 heavy (non-hydrogen) atoms. The van der Waals surface area contributed by atoms with Crippen LogP contribution in [0.3, 0.4) is 0 Å². The number of benzene rings is 2. The minimum absolute atomic E-state index is 0.0783. The maximum Gasteiger partial charge on any atom is 0.321 e. The summed E-state index contributed by atoms with van der Waals surface area (Å²) in [7, 11) is 1.59. The lowest BCUT2D eigenvalue weighted by Crippen LogP contribution is -2.33. The number of carboxylic acid groups (broad SMARTS) is 1. The number of rotatable bonds is 5. The Morgan fingerprint density at radius 2 is 1.80 bits per heavy atom. The van der Waals surface area contributed by atoms with Crippen LogP contribution in [-0.4, -0.2) is 42.1 Å². The molecule has 2 aromatic carbocycles. The van der Waals surface area contributed by atoms with E-state index in [1.807, 2.05) is 36.4 Å². The Balaban J connectivity index is 1.78. The Kier molecular flexibility index (Phi) is 4.88. The van der Waals surface area contributed by atoms with Gasteiger partial charge in [-0.15, -0.1) is 0 Å². The first-order valence-corrected chi connectivity index (χ1v) is 8.24. The van der Waals surface area contributed by atoms with Crippen molar-refractivity contribution in [2.24, 2.45) is 0 Å². The first kappa shape index (κ1) is 16.8. The van der Waals surface area contributed by atoms with Gasteiger partial charge in [-0.2, -0.15) is 0 Å². The van der Waals surface area contributed by atoms with E-state index in [1.54, 1.807) is 7.05 Å². The predicted octanol–water partition coefficient (Wildman–Crippen LogP) is 3.32.